The highest BCUT2D eigenvalue weighted by Gasteiger charge is 2.32. The number of likely N-dealkylation sites (tertiary alicyclic amines) is 1. The van der Waals surface area contributed by atoms with E-state index in [1.165, 1.54) is 5.56 Å². The molecule has 1 saturated heterocycles. The van der Waals surface area contributed by atoms with Gasteiger partial charge < -0.3 is 14.6 Å². The van der Waals surface area contributed by atoms with Crippen LogP contribution >= 0.6 is 0 Å². The van der Waals surface area contributed by atoms with Crippen molar-refractivity contribution < 1.29 is 9.53 Å². The van der Waals surface area contributed by atoms with Gasteiger partial charge in [0.1, 0.15) is 11.6 Å². The number of aromatic nitrogens is 2. The number of aryl methyl sites for hydroxylation is 3. The maximum absolute atomic E-state index is 12.9. The average Bonchev–Trinajstić information content (AvgIpc) is 3.27. The first-order chi connectivity index (χ1) is 13.0. The van der Waals surface area contributed by atoms with Crippen LogP contribution in [0.1, 0.15) is 41.4 Å². The molecule has 1 amide bonds. The van der Waals surface area contributed by atoms with E-state index in [1.54, 1.807) is 0 Å². The first-order valence-corrected chi connectivity index (χ1v) is 9.47. The Bertz CT molecular complexity index is 936. The van der Waals surface area contributed by atoms with Gasteiger partial charge in [0.05, 0.1) is 17.1 Å². The third-order valence-corrected chi connectivity index (χ3v) is 5.24. The zero-order valence-electron chi connectivity index (χ0n) is 16.1. The van der Waals surface area contributed by atoms with Crippen LogP contribution in [0.15, 0.2) is 36.4 Å². The van der Waals surface area contributed by atoms with Crippen molar-refractivity contribution in [1.29, 1.82) is 0 Å². The second-order valence-corrected chi connectivity index (χ2v) is 7.40. The van der Waals surface area contributed by atoms with E-state index in [2.05, 4.69) is 24.0 Å². The molecule has 1 atom stereocenters. The van der Waals surface area contributed by atoms with E-state index in [0.717, 1.165) is 53.1 Å². The van der Waals surface area contributed by atoms with Crippen molar-refractivity contribution in [3.05, 3.63) is 58.9 Å². The monoisotopic (exact) mass is 363 g/mol. The maximum atomic E-state index is 12.9. The molecule has 0 saturated carbocycles. The molecular formula is C22H25N3O2. The minimum atomic E-state index is -0.00582. The van der Waals surface area contributed by atoms with Crippen molar-refractivity contribution in [2.45, 2.75) is 39.7 Å². The summed E-state index contributed by atoms with van der Waals surface area (Å²) in [5.41, 5.74) is 5.28. The zero-order valence-corrected chi connectivity index (χ0v) is 16.1. The van der Waals surface area contributed by atoms with Crippen molar-refractivity contribution in [2.24, 2.45) is 0 Å². The van der Waals surface area contributed by atoms with Crippen molar-refractivity contribution in [3.63, 3.8) is 0 Å². The first-order valence-electron chi connectivity index (χ1n) is 9.47. The molecule has 2 heterocycles. The lowest BCUT2D eigenvalue weighted by atomic mass is 10.1. The fourth-order valence-electron chi connectivity index (χ4n) is 4.09. The SMILES string of the molecule is Cc1cc(C)c(OCC(=O)N2CCC[C@@H]2c2nc3ccccc3[nH]2)c(C)c1. The van der Waals surface area contributed by atoms with Crippen LogP contribution in [0.4, 0.5) is 0 Å². The van der Waals surface area contributed by atoms with Gasteiger partial charge in [-0.05, 0) is 56.9 Å². The number of hydrogen-bond donors (Lipinski definition) is 1. The molecule has 2 aromatic carbocycles. The molecule has 1 aliphatic rings. The van der Waals surface area contributed by atoms with Gasteiger partial charge >= 0.3 is 0 Å². The van der Waals surface area contributed by atoms with E-state index in [0.29, 0.717) is 0 Å². The van der Waals surface area contributed by atoms with Crippen LogP contribution in [0, 0.1) is 20.8 Å². The van der Waals surface area contributed by atoms with Gasteiger partial charge in [0.25, 0.3) is 5.91 Å². The molecule has 140 valence electrons. The van der Waals surface area contributed by atoms with Crippen LogP contribution in [0.2, 0.25) is 0 Å². The molecule has 4 rings (SSSR count). The number of fused-ring (bicyclic) bond motifs is 1. The summed E-state index contributed by atoms with van der Waals surface area (Å²) in [4.78, 5) is 22.8. The number of carbonyl (C=O) groups is 1. The maximum Gasteiger partial charge on any atom is 0.261 e. The number of amides is 1. The lowest BCUT2D eigenvalue weighted by molar-refractivity contribution is -0.134. The zero-order chi connectivity index (χ0) is 19.0. The summed E-state index contributed by atoms with van der Waals surface area (Å²) >= 11 is 0. The van der Waals surface area contributed by atoms with E-state index in [-0.39, 0.29) is 18.6 Å². The minimum absolute atomic E-state index is 0.00582. The molecule has 1 aromatic heterocycles. The van der Waals surface area contributed by atoms with Gasteiger partial charge in [-0.3, -0.25) is 4.79 Å². The normalized spacial score (nSPS) is 16.9. The van der Waals surface area contributed by atoms with Gasteiger partial charge in [0.15, 0.2) is 6.61 Å². The molecule has 27 heavy (non-hydrogen) atoms. The number of hydrogen-bond acceptors (Lipinski definition) is 3. The summed E-state index contributed by atoms with van der Waals surface area (Å²) in [5, 5.41) is 0. The number of H-pyrrole nitrogens is 1. The molecule has 1 N–H and O–H groups in total. The third kappa shape index (κ3) is 3.42. The molecule has 3 aromatic rings. The third-order valence-electron chi connectivity index (χ3n) is 5.24. The predicted molar refractivity (Wildman–Crippen MR) is 106 cm³/mol. The lowest BCUT2D eigenvalue weighted by Crippen LogP contribution is -2.35. The summed E-state index contributed by atoms with van der Waals surface area (Å²) in [5.74, 6) is 1.69. The van der Waals surface area contributed by atoms with Gasteiger partial charge in [0, 0.05) is 6.54 Å². The van der Waals surface area contributed by atoms with Crippen molar-refractivity contribution in [2.75, 3.05) is 13.2 Å². The van der Waals surface area contributed by atoms with Gasteiger partial charge in [-0.15, -0.1) is 0 Å². The number of para-hydroxylation sites is 2. The Labute approximate surface area is 159 Å². The molecular weight excluding hydrogens is 338 g/mol. The fourth-order valence-corrected chi connectivity index (χ4v) is 4.09. The van der Waals surface area contributed by atoms with Crippen molar-refractivity contribution >= 4 is 16.9 Å². The van der Waals surface area contributed by atoms with E-state index in [4.69, 9.17) is 9.72 Å². The molecule has 1 aliphatic heterocycles. The number of ether oxygens (including phenoxy) is 1. The van der Waals surface area contributed by atoms with Crippen LogP contribution in [0.3, 0.4) is 0 Å². The summed E-state index contributed by atoms with van der Waals surface area (Å²) in [6.45, 7) is 6.91. The number of nitrogens with zero attached hydrogens (tertiary/aromatic N) is 2. The van der Waals surface area contributed by atoms with Crippen LogP contribution in [0.25, 0.3) is 11.0 Å². The average molecular weight is 363 g/mol. The van der Waals surface area contributed by atoms with Crippen LogP contribution in [0.5, 0.6) is 5.75 Å². The van der Waals surface area contributed by atoms with Gasteiger partial charge in [0.2, 0.25) is 0 Å². The molecule has 0 radical (unpaired) electrons. The highest BCUT2D eigenvalue weighted by Crippen LogP contribution is 2.32. The van der Waals surface area contributed by atoms with Crippen LogP contribution < -0.4 is 4.74 Å². The molecule has 0 aliphatic carbocycles. The minimum Gasteiger partial charge on any atom is -0.483 e. The van der Waals surface area contributed by atoms with Crippen molar-refractivity contribution in [3.8, 4) is 5.75 Å². The van der Waals surface area contributed by atoms with Gasteiger partial charge in [-0.2, -0.15) is 0 Å². The Morgan fingerprint density at radius 1 is 1.22 bits per heavy atom. The predicted octanol–water partition coefficient (Wildman–Crippen LogP) is 4.23. The highest BCUT2D eigenvalue weighted by molar-refractivity contribution is 5.79. The number of rotatable bonds is 4. The number of carbonyl (C=O) groups excluding carboxylic acids is 1. The largest absolute Gasteiger partial charge is 0.483 e. The van der Waals surface area contributed by atoms with E-state index in [9.17, 15) is 4.79 Å². The molecule has 5 heteroatoms. The number of benzene rings is 2. The Balaban J connectivity index is 1.49. The Kier molecular flexibility index (Phi) is 4.60. The summed E-state index contributed by atoms with van der Waals surface area (Å²) in [6, 6.07) is 12.1. The van der Waals surface area contributed by atoms with Crippen molar-refractivity contribution in [1.82, 2.24) is 14.9 Å². The lowest BCUT2D eigenvalue weighted by Gasteiger charge is -2.23. The number of aromatic amines is 1. The second kappa shape index (κ2) is 7.06. The smallest absolute Gasteiger partial charge is 0.261 e. The topological polar surface area (TPSA) is 58.2 Å². The van der Waals surface area contributed by atoms with E-state index < -0.39 is 0 Å². The number of imidazole rings is 1. The van der Waals surface area contributed by atoms with Crippen LogP contribution in [-0.4, -0.2) is 33.9 Å². The van der Waals surface area contributed by atoms with E-state index in [1.807, 2.05) is 43.0 Å². The Hall–Kier alpha value is -2.82. The van der Waals surface area contributed by atoms with Gasteiger partial charge in [-0.1, -0.05) is 29.8 Å². The highest BCUT2D eigenvalue weighted by atomic mass is 16.5. The van der Waals surface area contributed by atoms with Crippen LogP contribution in [-0.2, 0) is 4.79 Å². The Morgan fingerprint density at radius 3 is 2.70 bits per heavy atom. The fraction of sp³-hybridized carbons (Fsp3) is 0.364. The molecule has 0 spiro atoms. The first kappa shape index (κ1) is 17.6. The molecule has 5 nitrogen and oxygen atoms in total. The Morgan fingerprint density at radius 2 is 1.96 bits per heavy atom. The summed E-state index contributed by atoms with van der Waals surface area (Å²) < 4.78 is 5.92. The quantitative estimate of drug-likeness (QED) is 0.755. The molecule has 1 fully saturated rings. The summed E-state index contributed by atoms with van der Waals surface area (Å²) in [6.07, 6.45) is 1.91. The molecule has 0 bridgehead atoms. The second-order valence-electron chi connectivity index (χ2n) is 7.40. The standard InChI is InChI=1S/C22H25N3O2/c1-14-11-15(2)21(16(3)12-14)27-13-20(26)25-10-6-9-19(25)22-23-17-7-4-5-8-18(17)24-22/h4-5,7-8,11-12,19H,6,9-10,13H2,1-3H3,(H,23,24)/t19-/m1/s1. The molecule has 0 unspecified atom stereocenters. The van der Waals surface area contributed by atoms with Gasteiger partial charge in [-0.25, -0.2) is 4.98 Å². The summed E-state index contributed by atoms with van der Waals surface area (Å²) in [7, 11) is 0. The van der Waals surface area contributed by atoms with E-state index >= 15 is 0 Å². The number of nitrogens with one attached hydrogen (secondary N) is 1.